The van der Waals surface area contributed by atoms with E-state index in [1.54, 1.807) is 11.5 Å². The lowest BCUT2D eigenvalue weighted by atomic mass is 10.1. The molecular formula is C13H17N3O3S. The zero-order chi connectivity index (χ0) is 14.2. The van der Waals surface area contributed by atoms with Gasteiger partial charge in [-0.25, -0.2) is 12.8 Å². The maximum absolute atomic E-state index is 12.1. The first-order chi connectivity index (χ1) is 9.62. The van der Waals surface area contributed by atoms with Crippen molar-refractivity contribution in [3.63, 3.8) is 0 Å². The van der Waals surface area contributed by atoms with Crippen LogP contribution in [0.15, 0.2) is 18.2 Å². The Morgan fingerprint density at radius 2 is 2.20 bits per heavy atom. The van der Waals surface area contributed by atoms with Crippen molar-refractivity contribution < 1.29 is 13.2 Å². The normalized spacial score (nSPS) is 21.9. The molecule has 20 heavy (non-hydrogen) atoms. The molecule has 0 N–H and O–H groups in total. The number of fused-ring (bicyclic) bond motifs is 1. The molecule has 1 saturated heterocycles. The fraction of sp³-hybridized carbons (Fsp3) is 0.538. The topological polar surface area (TPSA) is 73.6 Å². The first-order valence-corrected chi connectivity index (χ1v) is 8.42. The van der Waals surface area contributed by atoms with Gasteiger partial charge in [-0.2, -0.15) is 0 Å². The van der Waals surface area contributed by atoms with E-state index in [1.165, 1.54) is 0 Å². The molecule has 1 aliphatic heterocycles. The van der Waals surface area contributed by atoms with E-state index in [-0.39, 0.29) is 11.0 Å². The van der Waals surface area contributed by atoms with Crippen molar-refractivity contribution in [1.82, 2.24) is 14.6 Å². The van der Waals surface area contributed by atoms with E-state index in [9.17, 15) is 8.42 Å². The zero-order valence-electron chi connectivity index (χ0n) is 11.3. The lowest BCUT2D eigenvalue weighted by Gasteiger charge is -2.21. The van der Waals surface area contributed by atoms with Crippen molar-refractivity contribution in [2.45, 2.75) is 30.9 Å². The van der Waals surface area contributed by atoms with Crippen LogP contribution < -0.4 is 4.74 Å². The van der Waals surface area contributed by atoms with Crippen LogP contribution in [0, 0.1) is 0 Å². The summed E-state index contributed by atoms with van der Waals surface area (Å²) in [5.41, 5.74) is 0.674. The molecule has 0 aromatic carbocycles. The van der Waals surface area contributed by atoms with E-state index >= 15 is 0 Å². The number of hydrogen-bond donors (Lipinski definition) is 0. The lowest BCUT2D eigenvalue weighted by molar-refractivity contribution is 0.389. The summed E-state index contributed by atoms with van der Waals surface area (Å²) in [5, 5.41) is 7.86. The van der Waals surface area contributed by atoms with Crippen LogP contribution in [0.5, 0.6) is 5.88 Å². The van der Waals surface area contributed by atoms with Crippen molar-refractivity contribution in [3.05, 3.63) is 24.0 Å². The average molecular weight is 295 g/mol. The van der Waals surface area contributed by atoms with Gasteiger partial charge in [-0.05, 0) is 25.0 Å². The molecule has 0 bridgehead atoms. The van der Waals surface area contributed by atoms with Gasteiger partial charge in [0.05, 0.1) is 18.1 Å². The molecule has 6 nitrogen and oxygen atoms in total. The van der Waals surface area contributed by atoms with Crippen LogP contribution in [0.4, 0.5) is 0 Å². The van der Waals surface area contributed by atoms with Crippen molar-refractivity contribution in [3.8, 4) is 5.88 Å². The molecule has 1 aliphatic rings. The Kier molecular flexibility index (Phi) is 3.37. The van der Waals surface area contributed by atoms with Gasteiger partial charge in [0.2, 0.25) is 5.88 Å². The summed E-state index contributed by atoms with van der Waals surface area (Å²) in [6.45, 7) is 0. The third kappa shape index (κ3) is 2.26. The van der Waals surface area contributed by atoms with Crippen molar-refractivity contribution in [2.24, 2.45) is 0 Å². The molecule has 3 rings (SSSR count). The SMILES string of the molecule is COc1cccc2nnc(CC3CCCCS3(=O)=O)n12. The Balaban J connectivity index is 1.99. The molecule has 1 unspecified atom stereocenters. The molecule has 2 aromatic rings. The van der Waals surface area contributed by atoms with E-state index in [4.69, 9.17) is 4.74 Å². The van der Waals surface area contributed by atoms with Crippen LogP contribution in [-0.2, 0) is 16.3 Å². The number of aromatic nitrogens is 3. The average Bonchev–Trinajstić information content (AvgIpc) is 2.84. The Labute approximate surface area is 117 Å². The number of ether oxygens (including phenoxy) is 1. The third-order valence-corrected chi connectivity index (χ3v) is 6.07. The van der Waals surface area contributed by atoms with Crippen molar-refractivity contribution in [1.29, 1.82) is 0 Å². The van der Waals surface area contributed by atoms with Gasteiger partial charge in [0.25, 0.3) is 0 Å². The van der Waals surface area contributed by atoms with Crippen molar-refractivity contribution >= 4 is 15.5 Å². The van der Waals surface area contributed by atoms with Crippen LogP contribution in [0.25, 0.3) is 5.65 Å². The summed E-state index contributed by atoms with van der Waals surface area (Å²) in [4.78, 5) is 0. The summed E-state index contributed by atoms with van der Waals surface area (Å²) < 4.78 is 31.3. The van der Waals surface area contributed by atoms with E-state index in [2.05, 4.69) is 10.2 Å². The second kappa shape index (κ2) is 5.05. The molecule has 0 radical (unpaired) electrons. The first kappa shape index (κ1) is 13.4. The van der Waals surface area contributed by atoms with E-state index < -0.39 is 9.84 Å². The highest BCUT2D eigenvalue weighted by Crippen LogP contribution is 2.24. The van der Waals surface area contributed by atoms with Crippen molar-refractivity contribution in [2.75, 3.05) is 12.9 Å². The number of hydrogen-bond acceptors (Lipinski definition) is 5. The number of nitrogens with zero attached hydrogens (tertiary/aromatic N) is 3. The van der Waals surface area contributed by atoms with Gasteiger partial charge in [-0.3, -0.25) is 0 Å². The molecule has 0 aliphatic carbocycles. The maximum Gasteiger partial charge on any atom is 0.200 e. The minimum absolute atomic E-state index is 0.283. The maximum atomic E-state index is 12.1. The summed E-state index contributed by atoms with van der Waals surface area (Å²) in [6, 6.07) is 5.48. The predicted octanol–water partition coefficient (Wildman–Crippen LogP) is 1.25. The highest BCUT2D eigenvalue weighted by atomic mass is 32.2. The largest absolute Gasteiger partial charge is 0.482 e. The Hall–Kier alpha value is -1.63. The second-order valence-electron chi connectivity index (χ2n) is 5.07. The van der Waals surface area contributed by atoms with Crippen LogP contribution in [0.1, 0.15) is 25.1 Å². The van der Waals surface area contributed by atoms with Crippen LogP contribution in [0.3, 0.4) is 0 Å². The molecule has 1 atom stereocenters. The highest BCUT2D eigenvalue weighted by Gasteiger charge is 2.30. The molecule has 2 aromatic heterocycles. The van der Waals surface area contributed by atoms with E-state index in [1.807, 2.05) is 18.2 Å². The minimum Gasteiger partial charge on any atom is -0.482 e. The molecule has 1 fully saturated rings. The molecule has 0 saturated carbocycles. The van der Waals surface area contributed by atoms with Gasteiger partial charge in [0.1, 0.15) is 5.82 Å². The van der Waals surface area contributed by atoms with E-state index in [0.29, 0.717) is 30.2 Å². The summed E-state index contributed by atoms with van der Waals surface area (Å²) in [6.07, 6.45) is 2.82. The lowest BCUT2D eigenvalue weighted by Crippen LogP contribution is -2.30. The number of pyridine rings is 1. The first-order valence-electron chi connectivity index (χ1n) is 6.70. The third-order valence-electron chi connectivity index (χ3n) is 3.79. The Morgan fingerprint density at radius 3 is 2.95 bits per heavy atom. The number of sulfone groups is 1. The van der Waals surface area contributed by atoms with E-state index in [0.717, 1.165) is 12.8 Å². The monoisotopic (exact) mass is 295 g/mol. The summed E-state index contributed by atoms with van der Waals surface area (Å²) >= 11 is 0. The van der Waals surface area contributed by atoms with Gasteiger partial charge in [-0.15, -0.1) is 10.2 Å². The standard InChI is InChI=1S/C13H17N3O3S/c1-19-13-7-4-6-11-14-15-12(16(11)13)9-10-5-2-3-8-20(10,17)18/h4,6-7,10H,2-3,5,8-9H2,1H3. The molecular weight excluding hydrogens is 278 g/mol. The second-order valence-corrected chi connectivity index (χ2v) is 7.47. The van der Waals surface area contributed by atoms with Gasteiger partial charge < -0.3 is 4.74 Å². The fourth-order valence-electron chi connectivity index (χ4n) is 2.72. The van der Waals surface area contributed by atoms with Gasteiger partial charge in [0, 0.05) is 6.42 Å². The van der Waals surface area contributed by atoms with Crippen LogP contribution in [-0.4, -0.2) is 41.1 Å². The number of methoxy groups -OCH3 is 1. The molecule has 0 amide bonds. The smallest absolute Gasteiger partial charge is 0.200 e. The zero-order valence-corrected chi connectivity index (χ0v) is 12.1. The van der Waals surface area contributed by atoms with Gasteiger partial charge in [0.15, 0.2) is 15.5 Å². The molecule has 7 heteroatoms. The highest BCUT2D eigenvalue weighted by molar-refractivity contribution is 7.92. The van der Waals surface area contributed by atoms with Gasteiger partial charge >= 0.3 is 0 Å². The van der Waals surface area contributed by atoms with Gasteiger partial charge in [-0.1, -0.05) is 12.5 Å². The Morgan fingerprint density at radius 1 is 1.35 bits per heavy atom. The molecule has 0 spiro atoms. The summed E-state index contributed by atoms with van der Waals surface area (Å²) in [7, 11) is -1.43. The molecule has 3 heterocycles. The quantitative estimate of drug-likeness (QED) is 0.852. The minimum atomic E-state index is -3.01. The summed E-state index contributed by atoms with van der Waals surface area (Å²) in [5.74, 6) is 1.55. The predicted molar refractivity (Wildman–Crippen MR) is 74.7 cm³/mol. The number of rotatable bonds is 3. The van der Waals surface area contributed by atoms with Crippen LogP contribution in [0.2, 0.25) is 0 Å². The fourth-order valence-corrected chi connectivity index (χ4v) is 4.58. The Bertz CT molecular complexity index is 724. The van der Waals surface area contributed by atoms with Crippen LogP contribution >= 0.6 is 0 Å². The molecule has 108 valence electrons.